The average Bonchev–Trinajstić information content (AvgIpc) is 2.80. The van der Waals surface area contributed by atoms with Gasteiger partial charge in [0.1, 0.15) is 0 Å². The van der Waals surface area contributed by atoms with E-state index in [4.69, 9.17) is 10.2 Å². The maximum Gasteiger partial charge on any atom is 0.303 e. The quantitative estimate of drug-likeness (QED) is 0.760. The predicted octanol–water partition coefficient (Wildman–Crippen LogP) is 0.771. The Bertz CT molecular complexity index is 349. The molecule has 0 atom stereocenters. The van der Waals surface area contributed by atoms with E-state index in [-0.39, 0.29) is 12.8 Å². The molecule has 0 aliphatic rings. The van der Waals surface area contributed by atoms with Crippen LogP contribution in [0.3, 0.4) is 0 Å². The molecule has 108 valence electrons. The number of aromatic nitrogens is 2. The molecule has 1 heterocycles. The molecule has 0 unspecified atom stereocenters. The number of rotatable bonds is 7. The van der Waals surface area contributed by atoms with Gasteiger partial charge >= 0.3 is 11.9 Å². The number of carbonyl (C=O) groups is 2. The number of carboxylic acid groups (broad SMARTS) is 2. The van der Waals surface area contributed by atoms with Crippen molar-refractivity contribution in [1.82, 2.24) is 14.5 Å². The lowest BCUT2D eigenvalue weighted by Gasteiger charge is -2.08. The summed E-state index contributed by atoms with van der Waals surface area (Å²) in [6, 6.07) is 0. The second-order valence-corrected chi connectivity index (χ2v) is 4.24. The molecule has 0 radical (unpaired) electrons. The van der Waals surface area contributed by atoms with E-state index < -0.39 is 11.9 Å². The van der Waals surface area contributed by atoms with E-state index in [1.165, 1.54) is 6.42 Å². The Morgan fingerprint density at radius 3 is 2.16 bits per heavy atom. The first kappa shape index (κ1) is 17.1. The van der Waals surface area contributed by atoms with Crippen LogP contribution in [0.1, 0.15) is 19.3 Å². The summed E-state index contributed by atoms with van der Waals surface area (Å²) in [6.45, 7) is 2.20. The van der Waals surface area contributed by atoms with Gasteiger partial charge in [-0.3, -0.25) is 9.59 Å². The van der Waals surface area contributed by atoms with Crippen molar-refractivity contribution in [1.29, 1.82) is 0 Å². The topological polar surface area (TPSA) is 95.7 Å². The molecule has 19 heavy (non-hydrogen) atoms. The van der Waals surface area contributed by atoms with Crippen molar-refractivity contribution in [3.63, 3.8) is 0 Å². The van der Waals surface area contributed by atoms with Gasteiger partial charge in [-0.25, -0.2) is 4.98 Å². The number of hydrogen-bond acceptors (Lipinski definition) is 4. The molecule has 1 aromatic heterocycles. The van der Waals surface area contributed by atoms with Gasteiger partial charge in [0.25, 0.3) is 0 Å². The van der Waals surface area contributed by atoms with Crippen molar-refractivity contribution in [2.75, 3.05) is 20.6 Å². The van der Waals surface area contributed by atoms with Gasteiger partial charge in [0.15, 0.2) is 0 Å². The minimum atomic E-state index is -1.08. The second-order valence-electron chi connectivity index (χ2n) is 4.24. The smallest absolute Gasteiger partial charge is 0.303 e. The second kappa shape index (κ2) is 10.1. The first-order valence-electron chi connectivity index (χ1n) is 5.96. The number of nitrogens with zero attached hydrogens (tertiary/aromatic N) is 3. The first-order chi connectivity index (χ1) is 8.91. The summed E-state index contributed by atoms with van der Waals surface area (Å²) in [5, 5.41) is 15.8. The van der Waals surface area contributed by atoms with Gasteiger partial charge in [-0.1, -0.05) is 0 Å². The van der Waals surface area contributed by atoms with E-state index >= 15 is 0 Å². The fourth-order valence-electron chi connectivity index (χ4n) is 1.20. The van der Waals surface area contributed by atoms with Crippen LogP contribution in [0, 0.1) is 0 Å². The minimum Gasteiger partial charge on any atom is -0.481 e. The first-order valence-corrected chi connectivity index (χ1v) is 5.96. The molecule has 1 aromatic rings. The maximum atomic E-state index is 9.64. The van der Waals surface area contributed by atoms with E-state index in [0.29, 0.717) is 0 Å². The Kier molecular flexibility index (Phi) is 9.07. The van der Waals surface area contributed by atoms with Crippen LogP contribution < -0.4 is 0 Å². The van der Waals surface area contributed by atoms with E-state index in [9.17, 15) is 9.59 Å². The summed E-state index contributed by atoms with van der Waals surface area (Å²) in [5.41, 5.74) is 0. The van der Waals surface area contributed by atoms with Crippen molar-refractivity contribution in [3.8, 4) is 0 Å². The van der Waals surface area contributed by atoms with Crippen LogP contribution in [0.15, 0.2) is 18.7 Å². The summed E-state index contributed by atoms with van der Waals surface area (Å²) in [6.07, 6.45) is 6.26. The zero-order valence-electron chi connectivity index (χ0n) is 11.3. The van der Waals surface area contributed by atoms with Gasteiger partial charge in [-0.15, -0.1) is 0 Å². The third-order valence-corrected chi connectivity index (χ3v) is 2.13. The predicted molar refractivity (Wildman–Crippen MR) is 69.9 cm³/mol. The van der Waals surface area contributed by atoms with Crippen LogP contribution in [-0.4, -0.2) is 57.2 Å². The molecule has 0 fully saturated rings. The summed E-state index contributed by atoms with van der Waals surface area (Å²) in [5.74, 6) is -2.15. The molecule has 7 heteroatoms. The summed E-state index contributed by atoms with van der Waals surface area (Å²) >= 11 is 0. The van der Waals surface area contributed by atoms with Crippen LogP contribution >= 0.6 is 0 Å². The van der Waals surface area contributed by atoms with E-state index in [2.05, 4.69) is 28.5 Å². The van der Waals surface area contributed by atoms with Gasteiger partial charge in [-0.2, -0.15) is 0 Å². The lowest BCUT2D eigenvalue weighted by molar-refractivity contribution is -0.143. The molecule has 1 rings (SSSR count). The molecule has 0 amide bonds. The monoisotopic (exact) mass is 271 g/mol. The molecule has 0 aliphatic heterocycles. The molecule has 0 saturated carbocycles. The largest absolute Gasteiger partial charge is 0.481 e. The zero-order valence-corrected chi connectivity index (χ0v) is 11.3. The van der Waals surface area contributed by atoms with Gasteiger partial charge in [-0.05, 0) is 27.1 Å². The SMILES string of the molecule is CN(C)CCCn1ccnc1.O=C(O)CCC(=O)O. The number of hydrogen-bond donors (Lipinski definition) is 2. The fourth-order valence-corrected chi connectivity index (χ4v) is 1.20. The highest BCUT2D eigenvalue weighted by atomic mass is 16.4. The van der Waals surface area contributed by atoms with Gasteiger partial charge in [0.05, 0.1) is 19.2 Å². The van der Waals surface area contributed by atoms with Crippen LogP contribution in [0.4, 0.5) is 0 Å². The molecule has 0 aliphatic carbocycles. The summed E-state index contributed by atoms with van der Waals surface area (Å²) in [7, 11) is 4.18. The van der Waals surface area contributed by atoms with Crippen molar-refractivity contribution in [3.05, 3.63) is 18.7 Å². The molecule has 2 N–H and O–H groups in total. The average molecular weight is 271 g/mol. The Labute approximate surface area is 112 Å². The van der Waals surface area contributed by atoms with Gasteiger partial charge in [0.2, 0.25) is 0 Å². The van der Waals surface area contributed by atoms with Crippen molar-refractivity contribution in [2.45, 2.75) is 25.8 Å². The lowest BCUT2D eigenvalue weighted by Crippen LogP contribution is -2.14. The fraction of sp³-hybridized carbons (Fsp3) is 0.583. The van der Waals surface area contributed by atoms with Crippen molar-refractivity contribution < 1.29 is 19.8 Å². The molecule has 0 spiro atoms. The van der Waals surface area contributed by atoms with Gasteiger partial charge < -0.3 is 19.7 Å². The van der Waals surface area contributed by atoms with Crippen LogP contribution in [0.25, 0.3) is 0 Å². The van der Waals surface area contributed by atoms with Crippen LogP contribution in [-0.2, 0) is 16.1 Å². The van der Waals surface area contributed by atoms with E-state index in [1.807, 2.05) is 18.7 Å². The van der Waals surface area contributed by atoms with Gasteiger partial charge in [0, 0.05) is 18.9 Å². The number of aliphatic carboxylic acids is 2. The molecule has 7 nitrogen and oxygen atoms in total. The highest BCUT2D eigenvalue weighted by Gasteiger charge is 2.00. The third kappa shape index (κ3) is 12.4. The lowest BCUT2D eigenvalue weighted by atomic mass is 10.3. The number of imidazole rings is 1. The van der Waals surface area contributed by atoms with Crippen LogP contribution in [0.2, 0.25) is 0 Å². The minimum absolute atomic E-state index is 0.296. The van der Waals surface area contributed by atoms with E-state index in [0.717, 1.165) is 13.1 Å². The number of aryl methyl sites for hydroxylation is 1. The highest BCUT2D eigenvalue weighted by molar-refractivity contribution is 5.75. The summed E-state index contributed by atoms with van der Waals surface area (Å²) in [4.78, 5) is 25.4. The Morgan fingerprint density at radius 2 is 1.79 bits per heavy atom. The Hall–Kier alpha value is -1.89. The van der Waals surface area contributed by atoms with Crippen molar-refractivity contribution >= 4 is 11.9 Å². The molecular formula is C12H21N3O4. The number of carboxylic acids is 2. The standard InChI is InChI=1S/C8H15N3.C4H6O4/c1-10(2)5-3-6-11-7-4-9-8-11;5-3(6)1-2-4(7)8/h4,7-8H,3,5-6H2,1-2H3;1-2H2,(H,5,6)(H,7,8). The Balaban J connectivity index is 0.000000362. The zero-order chi connectivity index (χ0) is 14.7. The molecule has 0 bridgehead atoms. The van der Waals surface area contributed by atoms with Crippen LogP contribution in [0.5, 0.6) is 0 Å². The normalized spacial score (nSPS) is 9.84. The summed E-state index contributed by atoms with van der Waals surface area (Å²) < 4.78 is 2.10. The Morgan fingerprint density at radius 1 is 1.21 bits per heavy atom. The molecule has 0 aromatic carbocycles. The van der Waals surface area contributed by atoms with E-state index in [1.54, 1.807) is 0 Å². The maximum absolute atomic E-state index is 9.64. The highest BCUT2D eigenvalue weighted by Crippen LogP contribution is 1.90. The molecular weight excluding hydrogens is 250 g/mol. The third-order valence-electron chi connectivity index (χ3n) is 2.13. The van der Waals surface area contributed by atoms with Crippen molar-refractivity contribution in [2.24, 2.45) is 0 Å². The molecule has 0 saturated heterocycles.